The molecule has 0 fully saturated rings. The number of hydrogen-bond acceptors (Lipinski definition) is 3. The molecule has 1 unspecified atom stereocenters. The summed E-state index contributed by atoms with van der Waals surface area (Å²) in [5.74, 6) is 0. The second-order valence-electron chi connectivity index (χ2n) is 6.19. The summed E-state index contributed by atoms with van der Waals surface area (Å²) in [7, 11) is 0. The Hall–Kier alpha value is -1.19. The highest BCUT2D eigenvalue weighted by Crippen LogP contribution is 2.46. The second-order valence-corrected chi connectivity index (χ2v) is 7.05. The first-order chi connectivity index (χ1) is 8.93. The third kappa shape index (κ3) is 1.92. The third-order valence-electron chi connectivity index (χ3n) is 4.28. The predicted molar refractivity (Wildman–Crippen MR) is 80.5 cm³/mol. The van der Waals surface area contributed by atoms with E-state index in [1.165, 1.54) is 11.1 Å². The van der Waals surface area contributed by atoms with Crippen LogP contribution in [0.5, 0.6) is 0 Å². The zero-order valence-corrected chi connectivity index (χ0v) is 12.6. The maximum atomic E-state index is 6.77. The Bertz CT molecular complexity index is 615. The lowest BCUT2D eigenvalue weighted by Crippen LogP contribution is -2.45. The zero-order chi connectivity index (χ0) is 13.7. The standard InChI is InChI=1S/C16H20N2S/c1-11-10-19-14(18-11)16(17)9-8-15(2,3)12-6-4-5-7-13(12)16/h4-7,10H,8-9,17H2,1-3H3. The minimum Gasteiger partial charge on any atom is -0.316 e. The van der Waals surface area contributed by atoms with E-state index in [1.54, 1.807) is 11.3 Å². The molecule has 2 nitrogen and oxygen atoms in total. The highest BCUT2D eigenvalue weighted by molar-refractivity contribution is 7.09. The van der Waals surface area contributed by atoms with E-state index in [9.17, 15) is 0 Å². The molecule has 100 valence electrons. The maximum absolute atomic E-state index is 6.77. The second kappa shape index (κ2) is 4.15. The van der Waals surface area contributed by atoms with Crippen LogP contribution in [0.1, 0.15) is 48.5 Å². The van der Waals surface area contributed by atoms with E-state index in [4.69, 9.17) is 5.73 Å². The van der Waals surface area contributed by atoms with Crippen LogP contribution in [0.25, 0.3) is 0 Å². The molecule has 0 amide bonds. The third-order valence-corrected chi connectivity index (χ3v) is 5.42. The van der Waals surface area contributed by atoms with Crippen molar-refractivity contribution in [2.75, 3.05) is 0 Å². The molecule has 0 spiro atoms. The molecule has 2 N–H and O–H groups in total. The number of thiazole rings is 1. The predicted octanol–water partition coefficient (Wildman–Crippen LogP) is 3.73. The Morgan fingerprint density at radius 1 is 1.16 bits per heavy atom. The van der Waals surface area contributed by atoms with Gasteiger partial charge in [-0.3, -0.25) is 0 Å². The van der Waals surface area contributed by atoms with Crippen LogP contribution in [-0.2, 0) is 11.0 Å². The average molecular weight is 272 g/mol. The summed E-state index contributed by atoms with van der Waals surface area (Å²) in [6.07, 6.45) is 2.06. The zero-order valence-electron chi connectivity index (χ0n) is 11.7. The number of benzene rings is 1. The lowest BCUT2D eigenvalue weighted by molar-refractivity contribution is 0.337. The molecule has 1 aromatic carbocycles. The van der Waals surface area contributed by atoms with Crippen LogP contribution in [0.3, 0.4) is 0 Å². The minimum absolute atomic E-state index is 0.200. The first-order valence-corrected chi connectivity index (χ1v) is 7.63. The molecular weight excluding hydrogens is 252 g/mol. The van der Waals surface area contributed by atoms with E-state index < -0.39 is 5.54 Å². The van der Waals surface area contributed by atoms with Crippen LogP contribution >= 0.6 is 11.3 Å². The molecule has 1 aliphatic rings. The quantitative estimate of drug-likeness (QED) is 0.859. The average Bonchev–Trinajstić information content (AvgIpc) is 2.82. The minimum atomic E-state index is -0.412. The highest BCUT2D eigenvalue weighted by Gasteiger charge is 2.42. The van der Waals surface area contributed by atoms with Gasteiger partial charge in [0.05, 0.1) is 5.54 Å². The van der Waals surface area contributed by atoms with Gasteiger partial charge in [-0.25, -0.2) is 4.98 Å². The molecule has 0 bridgehead atoms. The molecule has 0 aliphatic heterocycles. The smallest absolute Gasteiger partial charge is 0.117 e. The summed E-state index contributed by atoms with van der Waals surface area (Å²) in [4.78, 5) is 4.65. The molecule has 3 heteroatoms. The summed E-state index contributed by atoms with van der Waals surface area (Å²) in [5.41, 5.74) is 10.2. The lowest BCUT2D eigenvalue weighted by Gasteiger charge is -2.42. The van der Waals surface area contributed by atoms with Gasteiger partial charge in [-0.1, -0.05) is 38.1 Å². The number of nitrogens with two attached hydrogens (primary N) is 1. The molecule has 2 aromatic rings. The number of hydrogen-bond donors (Lipinski definition) is 1. The SMILES string of the molecule is Cc1csc(C2(N)CCC(C)(C)c3ccccc32)n1. The largest absolute Gasteiger partial charge is 0.316 e. The van der Waals surface area contributed by atoms with Crippen molar-refractivity contribution in [3.63, 3.8) is 0 Å². The van der Waals surface area contributed by atoms with Crippen LogP contribution in [0.4, 0.5) is 0 Å². The Kier molecular flexibility index (Phi) is 2.80. The molecular formula is C16H20N2S. The van der Waals surface area contributed by atoms with E-state index in [2.05, 4.69) is 48.5 Å². The normalized spacial score (nSPS) is 25.1. The van der Waals surface area contributed by atoms with Crippen molar-refractivity contribution in [3.8, 4) is 0 Å². The first-order valence-electron chi connectivity index (χ1n) is 6.75. The number of aromatic nitrogens is 1. The van der Waals surface area contributed by atoms with Gasteiger partial charge in [-0.15, -0.1) is 11.3 Å². The van der Waals surface area contributed by atoms with Crippen LogP contribution in [0.15, 0.2) is 29.6 Å². The molecule has 1 atom stereocenters. The van der Waals surface area contributed by atoms with Crippen molar-refractivity contribution in [2.24, 2.45) is 5.73 Å². The van der Waals surface area contributed by atoms with E-state index >= 15 is 0 Å². The molecule has 0 saturated heterocycles. The topological polar surface area (TPSA) is 38.9 Å². The fourth-order valence-electron chi connectivity index (χ4n) is 3.02. The summed E-state index contributed by atoms with van der Waals surface area (Å²) in [6.45, 7) is 6.64. The van der Waals surface area contributed by atoms with Gasteiger partial charge in [0.1, 0.15) is 5.01 Å². The maximum Gasteiger partial charge on any atom is 0.117 e. The monoisotopic (exact) mass is 272 g/mol. The number of nitrogens with zero attached hydrogens (tertiary/aromatic N) is 1. The van der Waals surface area contributed by atoms with Crippen molar-refractivity contribution in [1.29, 1.82) is 0 Å². The number of fused-ring (bicyclic) bond motifs is 1. The van der Waals surface area contributed by atoms with Gasteiger partial charge in [-0.2, -0.15) is 0 Å². The van der Waals surface area contributed by atoms with E-state index in [0.29, 0.717) is 0 Å². The molecule has 19 heavy (non-hydrogen) atoms. The first kappa shape index (κ1) is 12.8. The molecule has 0 saturated carbocycles. The Labute approximate surface area is 118 Å². The van der Waals surface area contributed by atoms with Gasteiger partial charge in [0.15, 0.2) is 0 Å². The van der Waals surface area contributed by atoms with Crippen molar-refractivity contribution in [2.45, 2.75) is 44.6 Å². The van der Waals surface area contributed by atoms with E-state index in [0.717, 1.165) is 23.5 Å². The van der Waals surface area contributed by atoms with Crippen LogP contribution < -0.4 is 5.73 Å². The van der Waals surface area contributed by atoms with Crippen LogP contribution in [-0.4, -0.2) is 4.98 Å². The van der Waals surface area contributed by atoms with Gasteiger partial charge in [0.25, 0.3) is 0 Å². The molecule has 1 aromatic heterocycles. The van der Waals surface area contributed by atoms with Crippen molar-refractivity contribution < 1.29 is 0 Å². The van der Waals surface area contributed by atoms with Crippen LogP contribution in [0.2, 0.25) is 0 Å². The van der Waals surface area contributed by atoms with Gasteiger partial charge < -0.3 is 5.73 Å². The van der Waals surface area contributed by atoms with Gasteiger partial charge in [0.2, 0.25) is 0 Å². The molecule has 1 aliphatic carbocycles. The Morgan fingerprint density at radius 2 is 1.84 bits per heavy atom. The van der Waals surface area contributed by atoms with Gasteiger partial charge >= 0.3 is 0 Å². The highest BCUT2D eigenvalue weighted by atomic mass is 32.1. The fraction of sp³-hybridized carbons (Fsp3) is 0.438. The molecule has 1 heterocycles. The van der Waals surface area contributed by atoms with Crippen molar-refractivity contribution in [3.05, 3.63) is 51.5 Å². The van der Waals surface area contributed by atoms with E-state index in [1.807, 2.05) is 6.92 Å². The lowest BCUT2D eigenvalue weighted by atomic mass is 9.66. The number of aryl methyl sites for hydroxylation is 1. The summed E-state index contributed by atoms with van der Waals surface area (Å²) in [5, 5.41) is 3.14. The summed E-state index contributed by atoms with van der Waals surface area (Å²) in [6, 6.07) is 8.59. The number of rotatable bonds is 1. The van der Waals surface area contributed by atoms with E-state index in [-0.39, 0.29) is 5.41 Å². The van der Waals surface area contributed by atoms with Crippen LogP contribution in [0, 0.1) is 6.92 Å². The summed E-state index contributed by atoms with van der Waals surface area (Å²) >= 11 is 1.68. The van der Waals surface area contributed by atoms with Crippen molar-refractivity contribution >= 4 is 11.3 Å². The van der Waals surface area contributed by atoms with Gasteiger partial charge in [0, 0.05) is 11.1 Å². The fourth-order valence-corrected chi connectivity index (χ4v) is 3.98. The Balaban J connectivity index is 2.20. The summed E-state index contributed by atoms with van der Waals surface area (Å²) < 4.78 is 0. The van der Waals surface area contributed by atoms with Crippen molar-refractivity contribution in [1.82, 2.24) is 4.98 Å². The van der Waals surface area contributed by atoms with Gasteiger partial charge in [-0.05, 0) is 36.3 Å². The Morgan fingerprint density at radius 3 is 2.47 bits per heavy atom. The molecule has 0 radical (unpaired) electrons. The molecule has 3 rings (SSSR count).